The molecule has 3 aromatic heterocycles. The number of carbonyl (C=O) groups is 2. The number of aryl methyl sites for hydroxylation is 1. The van der Waals surface area contributed by atoms with Crippen LogP contribution in [0.5, 0.6) is 0 Å². The van der Waals surface area contributed by atoms with E-state index in [-0.39, 0.29) is 29.2 Å². The van der Waals surface area contributed by atoms with Crippen molar-refractivity contribution < 1.29 is 13.7 Å². The number of Topliss-reactive ketones (excluding diaryl/α,β-unsaturated/α-hetero) is 1. The number of nitrogens with one attached hydrogen (secondary N) is 2. The molecule has 9 nitrogen and oxygen atoms in total. The quantitative estimate of drug-likeness (QED) is 0.548. The Bertz CT molecular complexity index is 1360. The van der Waals surface area contributed by atoms with Gasteiger partial charge in [-0.05, 0) is 25.8 Å². The maximum atomic E-state index is 12.9. The lowest BCUT2D eigenvalue weighted by Gasteiger charge is -2.34. The Balaban J connectivity index is 1.56. The molecule has 1 aliphatic carbocycles. The molecule has 1 aliphatic heterocycles. The molecular formula is C24H27N7O2. The second kappa shape index (κ2) is 7.99. The van der Waals surface area contributed by atoms with Gasteiger partial charge < -0.3 is 15.5 Å². The lowest BCUT2D eigenvalue weighted by molar-refractivity contribution is -0.117. The number of carbonyl (C=O) groups excluding carboxylic acids is 2. The second-order valence-electron chi connectivity index (χ2n) is 8.55. The van der Waals surface area contributed by atoms with E-state index in [4.69, 9.17) is 4.11 Å². The molecule has 0 bridgehead atoms. The zero-order valence-corrected chi connectivity index (χ0v) is 18.7. The van der Waals surface area contributed by atoms with Gasteiger partial charge in [0.05, 0.1) is 28.7 Å². The van der Waals surface area contributed by atoms with Crippen molar-refractivity contribution in [2.24, 2.45) is 13.0 Å². The fourth-order valence-corrected chi connectivity index (χ4v) is 4.15. The van der Waals surface area contributed by atoms with Crippen molar-refractivity contribution in [3.05, 3.63) is 41.9 Å². The van der Waals surface area contributed by atoms with E-state index in [2.05, 4.69) is 37.5 Å². The molecule has 170 valence electrons. The first kappa shape index (κ1) is 17.8. The van der Waals surface area contributed by atoms with E-state index in [1.54, 1.807) is 23.0 Å². The highest BCUT2D eigenvalue weighted by molar-refractivity contribution is 6.03. The Morgan fingerprint density at radius 1 is 1.21 bits per heavy atom. The highest BCUT2D eigenvalue weighted by Crippen LogP contribution is 2.46. The molecule has 5 rings (SSSR count). The molecule has 3 aromatic rings. The Morgan fingerprint density at radius 2 is 2.03 bits per heavy atom. The van der Waals surface area contributed by atoms with Crippen LogP contribution in [0.15, 0.2) is 30.7 Å². The number of hydrogen-bond donors (Lipinski definition) is 2. The smallest absolute Gasteiger partial charge is 0.228 e. The summed E-state index contributed by atoms with van der Waals surface area (Å²) in [7, 11) is 3.82. The molecule has 1 atom stereocenters. The lowest BCUT2D eigenvalue weighted by Crippen LogP contribution is -2.27. The van der Waals surface area contributed by atoms with Gasteiger partial charge in [-0.25, -0.2) is 4.98 Å². The summed E-state index contributed by atoms with van der Waals surface area (Å²) in [5.41, 5.74) is 4.48. The standard InChI is InChI=1S/C24H27N7O2/c1-5-19(32)15-11-26-20(28-24(33)14-6-7-14)10-18(15)27-17-8-9-25-22-21-16(12-30(3)29-21)13(2)31(4)23(17)22/h8-14H,5-7H2,1-4H3,(H2,25,26,27,28,33)/t13-/m1/s1/i1D3. The molecule has 0 radical (unpaired) electrons. The predicted octanol–water partition coefficient (Wildman–Crippen LogP) is 4.07. The summed E-state index contributed by atoms with van der Waals surface area (Å²) in [4.78, 5) is 36.1. The van der Waals surface area contributed by atoms with E-state index >= 15 is 0 Å². The van der Waals surface area contributed by atoms with Crippen LogP contribution in [0.3, 0.4) is 0 Å². The van der Waals surface area contributed by atoms with Crippen molar-refractivity contribution in [1.29, 1.82) is 0 Å². The minimum absolute atomic E-state index is 0.0185. The highest BCUT2D eigenvalue weighted by Gasteiger charge is 2.32. The molecular weight excluding hydrogens is 418 g/mol. The predicted molar refractivity (Wildman–Crippen MR) is 127 cm³/mol. The van der Waals surface area contributed by atoms with Gasteiger partial charge in [0.25, 0.3) is 0 Å². The summed E-state index contributed by atoms with van der Waals surface area (Å²) in [6, 6.07) is 3.38. The summed E-state index contributed by atoms with van der Waals surface area (Å²) in [6.45, 7) is -0.350. The van der Waals surface area contributed by atoms with Gasteiger partial charge in [-0.15, -0.1) is 0 Å². The Morgan fingerprint density at radius 3 is 2.79 bits per heavy atom. The molecule has 0 aromatic carbocycles. The van der Waals surface area contributed by atoms with Crippen LogP contribution in [-0.4, -0.2) is 38.5 Å². The summed E-state index contributed by atoms with van der Waals surface area (Å²) in [5, 5.41) is 10.7. The Hall–Kier alpha value is -3.75. The number of aromatic nitrogens is 4. The monoisotopic (exact) mass is 448 g/mol. The fourth-order valence-electron chi connectivity index (χ4n) is 4.15. The van der Waals surface area contributed by atoms with Crippen molar-refractivity contribution in [2.75, 3.05) is 22.6 Å². The first-order valence-electron chi connectivity index (χ1n) is 12.4. The van der Waals surface area contributed by atoms with E-state index in [1.807, 2.05) is 20.3 Å². The average Bonchev–Trinajstić information content (AvgIpc) is 3.58. The summed E-state index contributed by atoms with van der Waals surface area (Å²) in [5.74, 6) is -0.416. The third kappa shape index (κ3) is 3.73. The van der Waals surface area contributed by atoms with E-state index in [1.165, 1.54) is 6.20 Å². The van der Waals surface area contributed by atoms with Crippen LogP contribution in [0.4, 0.5) is 22.9 Å². The minimum atomic E-state index is -2.42. The van der Waals surface area contributed by atoms with Crippen LogP contribution >= 0.6 is 0 Å². The average molecular weight is 449 g/mol. The molecule has 1 fully saturated rings. The Labute approximate surface area is 196 Å². The molecule has 2 aliphatic rings. The second-order valence-corrected chi connectivity index (χ2v) is 8.55. The lowest BCUT2D eigenvalue weighted by atomic mass is 9.98. The number of amides is 1. The highest BCUT2D eigenvalue weighted by atomic mass is 16.2. The topological polar surface area (TPSA) is 105 Å². The van der Waals surface area contributed by atoms with Gasteiger partial charge in [0.1, 0.15) is 17.2 Å². The van der Waals surface area contributed by atoms with Crippen LogP contribution < -0.4 is 15.5 Å². The SMILES string of the molecule is [2H]C([2H])([2H])CC(=O)c1cnc(NC(=O)C2CC2)cc1Nc1ccnc2c1N(C)[C@H](C)c1cn(C)nc1-2. The summed E-state index contributed by atoms with van der Waals surface area (Å²) >= 11 is 0. The summed E-state index contributed by atoms with van der Waals surface area (Å²) < 4.78 is 24.3. The molecule has 2 N–H and O–H groups in total. The van der Waals surface area contributed by atoms with Crippen molar-refractivity contribution in [3.63, 3.8) is 0 Å². The first-order chi connectivity index (χ1) is 17.0. The molecule has 4 heterocycles. The van der Waals surface area contributed by atoms with E-state index in [9.17, 15) is 9.59 Å². The number of pyridine rings is 2. The van der Waals surface area contributed by atoms with Crippen molar-refractivity contribution in [3.8, 4) is 11.4 Å². The third-order valence-electron chi connectivity index (χ3n) is 6.22. The largest absolute Gasteiger partial charge is 0.364 e. The van der Waals surface area contributed by atoms with E-state index in [0.29, 0.717) is 17.1 Å². The normalized spacial score (nSPS) is 18.5. The van der Waals surface area contributed by atoms with Crippen molar-refractivity contribution >= 4 is 34.6 Å². The van der Waals surface area contributed by atoms with Crippen LogP contribution in [0.25, 0.3) is 11.4 Å². The summed E-state index contributed by atoms with van der Waals surface area (Å²) in [6.07, 6.45) is 6.01. The van der Waals surface area contributed by atoms with Gasteiger partial charge in [0, 0.05) is 60.8 Å². The number of nitrogens with zero attached hydrogens (tertiary/aromatic N) is 5. The van der Waals surface area contributed by atoms with Gasteiger partial charge >= 0.3 is 0 Å². The fraction of sp³-hybridized carbons (Fsp3) is 0.375. The maximum absolute atomic E-state index is 12.9. The van der Waals surface area contributed by atoms with Gasteiger partial charge in [0.2, 0.25) is 5.91 Å². The van der Waals surface area contributed by atoms with Crippen LogP contribution in [-0.2, 0) is 11.8 Å². The number of ketones is 1. The molecule has 9 heteroatoms. The van der Waals surface area contributed by atoms with Crippen LogP contribution in [0.2, 0.25) is 0 Å². The molecule has 33 heavy (non-hydrogen) atoms. The number of rotatable bonds is 6. The molecule has 1 amide bonds. The number of hydrogen-bond acceptors (Lipinski definition) is 7. The minimum Gasteiger partial charge on any atom is -0.364 e. The van der Waals surface area contributed by atoms with Crippen molar-refractivity contribution in [2.45, 2.75) is 39.1 Å². The van der Waals surface area contributed by atoms with Crippen LogP contribution in [0.1, 0.15) is 59.1 Å². The van der Waals surface area contributed by atoms with E-state index in [0.717, 1.165) is 29.8 Å². The molecule has 0 saturated heterocycles. The number of anilines is 4. The molecule has 1 saturated carbocycles. The van der Waals surface area contributed by atoms with Gasteiger partial charge in [-0.3, -0.25) is 19.3 Å². The molecule has 0 unspecified atom stereocenters. The zero-order chi connectivity index (χ0) is 25.8. The van der Waals surface area contributed by atoms with Crippen molar-refractivity contribution in [1.82, 2.24) is 19.7 Å². The van der Waals surface area contributed by atoms with Gasteiger partial charge in [-0.1, -0.05) is 6.85 Å². The number of fused-ring (bicyclic) bond motifs is 3. The van der Waals surface area contributed by atoms with Crippen LogP contribution in [0, 0.1) is 5.92 Å². The van der Waals surface area contributed by atoms with E-state index < -0.39 is 19.1 Å². The first-order valence-corrected chi connectivity index (χ1v) is 10.9. The van der Waals surface area contributed by atoms with Gasteiger partial charge in [-0.2, -0.15) is 5.10 Å². The third-order valence-corrected chi connectivity index (χ3v) is 6.22. The molecule has 0 spiro atoms. The Kier molecular flexibility index (Phi) is 4.30. The zero-order valence-electron chi connectivity index (χ0n) is 21.7. The van der Waals surface area contributed by atoms with Gasteiger partial charge in [0.15, 0.2) is 5.78 Å². The maximum Gasteiger partial charge on any atom is 0.228 e.